The van der Waals surface area contributed by atoms with Crippen LogP contribution in [0.15, 0.2) is 30.9 Å². The SMILES string of the molecule is C=CCc1cc(Cl)ccc1OCCNCCN.O=C(O)C(=O)O. The van der Waals surface area contributed by atoms with Crippen LogP contribution in [0.3, 0.4) is 0 Å². The highest BCUT2D eigenvalue weighted by atomic mass is 35.5. The minimum atomic E-state index is -1.82. The van der Waals surface area contributed by atoms with Gasteiger partial charge in [-0.2, -0.15) is 0 Å². The lowest BCUT2D eigenvalue weighted by Gasteiger charge is -2.11. The van der Waals surface area contributed by atoms with Gasteiger partial charge in [-0.1, -0.05) is 17.7 Å². The second-order valence-electron chi connectivity index (χ2n) is 4.24. The van der Waals surface area contributed by atoms with Gasteiger partial charge in [0.2, 0.25) is 0 Å². The molecule has 23 heavy (non-hydrogen) atoms. The average Bonchev–Trinajstić information content (AvgIpc) is 2.50. The molecule has 0 bridgehead atoms. The van der Waals surface area contributed by atoms with Crippen LogP contribution < -0.4 is 15.8 Å². The summed E-state index contributed by atoms with van der Waals surface area (Å²) < 4.78 is 5.68. The fourth-order valence-electron chi connectivity index (χ4n) is 1.46. The maximum atomic E-state index is 9.10. The van der Waals surface area contributed by atoms with Crippen molar-refractivity contribution in [2.75, 3.05) is 26.2 Å². The summed E-state index contributed by atoms with van der Waals surface area (Å²) in [4.78, 5) is 18.2. The summed E-state index contributed by atoms with van der Waals surface area (Å²) in [7, 11) is 0. The molecule has 0 aliphatic carbocycles. The Morgan fingerprint density at radius 3 is 2.48 bits per heavy atom. The van der Waals surface area contributed by atoms with Crippen molar-refractivity contribution < 1.29 is 24.5 Å². The van der Waals surface area contributed by atoms with Crippen LogP contribution in [-0.2, 0) is 16.0 Å². The maximum Gasteiger partial charge on any atom is 0.414 e. The number of allylic oxidation sites excluding steroid dienone is 1. The molecule has 0 aliphatic heterocycles. The van der Waals surface area contributed by atoms with E-state index in [0.717, 1.165) is 35.8 Å². The number of ether oxygens (including phenoxy) is 1. The summed E-state index contributed by atoms with van der Waals surface area (Å²) in [6.07, 6.45) is 2.59. The molecule has 0 aromatic heterocycles. The van der Waals surface area contributed by atoms with Gasteiger partial charge in [0.05, 0.1) is 0 Å². The predicted octanol–water partition coefficient (Wildman–Crippen LogP) is 1.15. The molecule has 5 N–H and O–H groups in total. The van der Waals surface area contributed by atoms with Crippen LogP contribution in [-0.4, -0.2) is 48.4 Å². The number of carboxylic acid groups (broad SMARTS) is 2. The van der Waals surface area contributed by atoms with E-state index in [9.17, 15) is 0 Å². The molecule has 0 fully saturated rings. The van der Waals surface area contributed by atoms with Crippen LogP contribution >= 0.6 is 11.6 Å². The highest BCUT2D eigenvalue weighted by molar-refractivity contribution is 6.30. The molecule has 128 valence electrons. The molecule has 0 spiro atoms. The van der Waals surface area contributed by atoms with Gasteiger partial charge in [0.25, 0.3) is 0 Å². The molecule has 8 heteroatoms. The second-order valence-corrected chi connectivity index (χ2v) is 4.68. The van der Waals surface area contributed by atoms with Gasteiger partial charge in [-0.25, -0.2) is 9.59 Å². The van der Waals surface area contributed by atoms with Crippen LogP contribution in [0, 0.1) is 0 Å². The molecular weight excluding hydrogens is 324 g/mol. The topological polar surface area (TPSA) is 122 Å². The van der Waals surface area contributed by atoms with E-state index in [-0.39, 0.29) is 0 Å². The number of rotatable bonds is 8. The third-order valence-electron chi connectivity index (χ3n) is 2.43. The number of halogens is 1. The number of hydrogen-bond acceptors (Lipinski definition) is 5. The van der Waals surface area contributed by atoms with Gasteiger partial charge in [-0.15, -0.1) is 6.58 Å². The standard InChI is InChI=1S/C13H19ClN2O.C2H2O4/c1-2-3-11-10-12(14)4-5-13(11)17-9-8-16-7-6-15;3-1(4)2(5)6/h2,4-5,10,16H,1,3,6-9,15H2;(H,3,4)(H,5,6). The zero-order chi connectivity index (χ0) is 17.7. The lowest BCUT2D eigenvalue weighted by atomic mass is 10.1. The zero-order valence-electron chi connectivity index (χ0n) is 12.6. The van der Waals surface area contributed by atoms with Gasteiger partial charge in [-0.05, 0) is 30.2 Å². The monoisotopic (exact) mass is 344 g/mol. The maximum absolute atomic E-state index is 9.10. The van der Waals surface area contributed by atoms with E-state index in [0.29, 0.717) is 13.2 Å². The predicted molar refractivity (Wildman–Crippen MR) is 88.0 cm³/mol. The van der Waals surface area contributed by atoms with Crippen molar-refractivity contribution in [3.05, 3.63) is 41.4 Å². The van der Waals surface area contributed by atoms with E-state index in [1.807, 2.05) is 24.3 Å². The highest BCUT2D eigenvalue weighted by Gasteiger charge is 2.04. The van der Waals surface area contributed by atoms with Gasteiger partial charge in [0, 0.05) is 24.7 Å². The third-order valence-corrected chi connectivity index (χ3v) is 2.66. The lowest BCUT2D eigenvalue weighted by molar-refractivity contribution is -0.159. The van der Waals surface area contributed by atoms with Gasteiger partial charge >= 0.3 is 11.9 Å². The largest absolute Gasteiger partial charge is 0.492 e. The molecule has 1 aromatic rings. The first-order chi connectivity index (χ1) is 10.9. The van der Waals surface area contributed by atoms with Crippen molar-refractivity contribution in [3.63, 3.8) is 0 Å². The summed E-state index contributed by atoms with van der Waals surface area (Å²) in [6, 6.07) is 5.63. The molecule has 0 atom stereocenters. The van der Waals surface area contributed by atoms with Crippen molar-refractivity contribution in [2.24, 2.45) is 5.73 Å². The second kappa shape index (κ2) is 12.5. The van der Waals surface area contributed by atoms with Crippen molar-refractivity contribution >= 4 is 23.5 Å². The van der Waals surface area contributed by atoms with Gasteiger partial charge in [-0.3, -0.25) is 0 Å². The van der Waals surface area contributed by atoms with Crippen LogP contribution in [0.5, 0.6) is 5.75 Å². The lowest BCUT2D eigenvalue weighted by Crippen LogP contribution is -2.26. The minimum Gasteiger partial charge on any atom is -0.492 e. The number of carboxylic acids is 2. The molecule has 0 heterocycles. The summed E-state index contributed by atoms with van der Waals surface area (Å²) >= 11 is 5.94. The van der Waals surface area contributed by atoms with Gasteiger partial charge in [0.1, 0.15) is 12.4 Å². The van der Waals surface area contributed by atoms with Crippen LogP contribution in [0.2, 0.25) is 5.02 Å². The summed E-state index contributed by atoms with van der Waals surface area (Å²) in [5, 5.41) is 18.7. The van der Waals surface area contributed by atoms with Crippen LogP contribution in [0.4, 0.5) is 0 Å². The van der Waals surface area contributed by atoms with E-state index in [4.69, 9.17) is 41.9 Å². The van der Waals surface area contributed by atoms with E-state index in [1.165, 1.54) is 0 Å². The van der Waals surface area contributed by atoms with Gasteiger partial charge < -0.3 is 26.0 Å². The van der Waals surface area contributed by atoms with Crippen LogP contribution in [0.25, 0.3) is 0 Å². The molecule has 0 aliphatic rings. The molecule has 1 rings (SSSR count). The summed E-state index contributed by atoms with van der Waals surface area (Å²) in [5.41, 5.74) is 6.43. The molecule has 0 saturated heterocycles. The Kier molecular flexibility index (Phi) is 11.3. The van der Waals surface area contributed by atoms with Crippen LogP contribution in [0.1, 0.15) is 5.56 Å². The molecule has 0 saturated carbocycles. The molecule has 0 radical (unpaired) electrons. The summed E-state index contributed by atoms with van der Waals surface area (Å²) in [6.45, 7) is 6.58. The third kappa shape index (κ3) is 10.3. The van der Waals surface area contributed by atoms with Crippen molar-refractivity contribution in [1.29, 1.82) is 0 Å². The molecular formula is C15H21ClN2O5. The molecule has 0 amide bonds. The smallest absolute Gasteiger partial charge is 0.414 e. The minimum absolute atomic E-state index is 0.617. The number of carbonyl (C=O) groups is 2. The Balaban J connectivity index is 0.000000688. The van der Waals surface area contributed by atoms with Gasteiger partial charge in [0.15, 0.2) is 0 Å². The van der Waals surface area contributed by atoms with E-state index in [2.05, 4.69) is 11.9 Å². The first kappa shape index (κ1) is 20.9. The Morgan fingerprint density at radius 1 is 1.30 bits per heavy atom. The van der Waals surface area contributed by atoms with E-state index < -0.39 is 11.9 Å². The Morgan fingerprint density at radius 2 is 1.96 bits per heavy atom. The molecule has 1 aromatic carbocycles. The van der Waals surface area contributed by atoms with E-state index in [1.54, 1.807) is 0 Å². The first-order valence-corrected chi connectivity index (χ1v) is 7.19. The highest BCUT2D eigenvalue weighted by Crippen LogP contribution is 2.23. The fourth-order valence-corrected chi connectivity index (χ4v) is 1.66. The van der Waals surface area contributed by atoms with Crippen molar-refractivity contribution in [2.45, 2.75) is 6.42 Å². The Hall–Kier alpha value is -2.09. The number of benzene rings is 1. The number of hydrogen-bond donors (Lipinski definition) is 4. The normalized spacial score (nSPS) is 9.48. The van der Waals surface area contributed by atoms with Crippen molar-refractivity contribution in [3.8, 4) is 5.75 Å². The number of nitrogens with one attached hydrogen (secondary N) is 1. The van der Waals surface area contributed by atoms with Crippen molar-refractivity contribution in [1.82, 2.24) is 5.32 Å². The Labute approximate surface area is 139 Å². The quantitative estimate of drug-likeness (QED) is 0.317. The Bertz CT molecular complexity index is 511. The molecule has 7 nitrogen and oxygen atoms in total. The number of aliphatic carboxylic acids is 2. The number of nitrogens with two attached hydrogens (primary N) is 1. The first-order valence-electron chi connectivity index (χ1n) is 6.81. The fraction of sp³-hybridized carbons (Fsp3) is 0.333. The summed E-state index contributed by atoms with van der Waals surface area (Å²) in [5.74, 6) is -2.78. The molecule has 0 unspecified atom stereocenters. The van der Waals surface area contributed by atoms with E-state index >= 15 is 0 Å². The average molecular weight is 345 g/mol. The zero-order valence-corrected chi connectivity index (χ0v) is 13.4.